The molecular formula is C15H24O6S. The Bertz CT molecular complexity index is 415. The summed E-state index contributed by atoms with van der Waals surface area (Å²) >= 11 is 1.60. The van der Waals surface area contributed by atoms with Crippen LogP contribution >= 0.6 is 11.8 Å². The van der Waals surface area contributed by atoms with E-state index in [-0.39, 0.29) is 12.0 Å². The Morgan fingerprint density at radius 2 is 1.95 bits per heavy atom. The molecule has 6 nitrogen and oxygen atoms in total. The van der Waals surface area contributed by atoms with Crippen LogP contribution in [0.4, 0.5) is 4.79 Å². The Morgan fingerprint density at radius 3 is 2.50 bits per heavy atom. The lowest BCUT2D eigenvalue weighted by Crippen LogP contribution is -2.41. The molecule has 0 saturated heterocycles. The Morgan fingerprint density at radius 1 is 1.27 bits per heavy atom. The molecule has 0 spiro atoms. The van der Waals surface area contributed by atoms with E-state index in [4.69, 9.17) is 18.9 Å². The van der Waals surface area contributed by atoms with Gasteiger partial charge in [-0.3, -0.25) is 4.79 Å². The average molecular weight is 332 g/mol. The summed E-state index contributed by atoms with van der Waals surface area (Å²) in [7, 11) is 0. The van der Waals surface area contributed by atoms with Gasteiger partial charge < -0.3 is 18.9 Å². The van der Waals surface area contributed by atoms with Crippen LogP contribution in [-0.2, 0) is 23.7 Å². The number of ether oxygens (including phenoxy) is 4. The Hall–Kier alpha value is -1.21. The number of hydrogen-bond donors (Lipinski definition) is 0. The lowest BCUT2D eigenvalue weighted by atomic mass is 10.1. The minimum Gasteiger partial charge on any atom is -0.463 e. The van der Waals surface area contributed by atoms with Crippen LogP contribution in [0.3, 0.4) is 0 Å². The van der Waals surface area contributed by atoms with Gasteiger partial charge in [-0.05, 0) is 38.7 Å². The van der Waals surface area contributed by atoms with Gasteiger partial charge in [-0.2, -0.15) is 0 Å². The molecule has 22 heavy (non-hydrogen) atoms. The number of esters is 1. The van der Waals surface area contributed by atoms with E-state index < -0.39 is 29.9 Å². The first kappa shape index (κ1) is 18.8. The molecule has 3 atom stereocenters. The number of hydrogen-bond acceptors (Lipinski definition) is 7. The quantitative estimate of drug-likeness (QED) is 0.566. The number of carbonyl (C=O) groups excluding carboxylic acids is 2. The van der Waals surface area contributed by atoms with Gasteiger partial charge in [-0.25, -0.2) is 4.79 Å². The van der Waals surface area contributed by atoms with E-state index in [1.54, 1.807) is 38.6 Å². The summed E-state index contributed by atoms with van der Waals surface area (Å²) in [5.41, 5.74) is -0.786. The van der Waals surface area contributed by atoms with Crippen LogP contribution in [-0.4, -0.2) is 47.7 Å². The third-order valence-corrected chi connectivity index (χ3v) is 3.47. The molecule has 7 heteroatoms. The van der Waals surface area contributed by atoms with Gasteiger partial charge in [0.25, 0.3) is 0 Å². The Labute approximate surface area is 135 Å². The minimum absolute atomic E-state index is 0.0217. The summed E-state index contributed by atoms with van der Waals surface area (Å²) in [4.78, 5) is 22.7. The first-order chi connectivity index (χ1) is 10.2. The summed E-state index contributed by atoms with van der Waals surface area (Å²) in [6.45, 7) is 8.63. The summed E-state index contributed by atoms with van der Waals surface area (Å²) in [6.07, 6.45) is 1.59. The first-order valence-electron chi connectivity index (χ1n) is 7.19. The molecule has 1 rings (SSSR count). The summed E-state index contributed by atoms with van der Waals surface area (Å²) in [5.74, 6) is 0.473. The van der Waals surface area contributed by atoms with Crippen LogP contribution in [0, 0.1) is 0 Å². The molecular weight excluding hydrogens is 308 g/mol. The highest BCUT2D eigenvalue weighted by molar-refractivity contribution is 7.99. The van der Waals surface area contributed by atoms with Crippen molar-refractivity contribution in [3.8, 4) is 0 Å². The van der Waals surface area contributed by atoms with Gasteiger partial charge in [0.1, 0.15) is 23.7 Å². The van der Waals surface area contributed by atoms with Crippen molar-refractivity contribution in [1.29, 1.82) is 0 Å². The molecule has 1 aliphatic rings. The second kappa shape index (κ2) is 8.43. The highest BCUT2D eigenvalue weighted by Gasteiger charge is 2.32. The van der Waals surface area contributed by atoms with Gasteiger partial charge in [-0.1, -0.05) is 6.92 Å². The van der Waals surface area contributed by atoms with Crippen LogP contribution in [0.2, 0.25) is 0 Å². The molecule has 0 aromatic carbocycles. The van der Waals surface area contributed by atoms with Gasteiger partial charge in [0.2, 0.25) is 0 Å². The molecule has 0 saturated carbocycles. The zero-order valence-corrected chi connectivity index (χ0v) is 14.5. The topological polar surface area (TPSA) is 71.1 Å². The summed E-state index contributed by atoms with van der Waals surface area (Å²) in [5, 5.41) is 0. The van der Waals surface area contributed by atoms with E-state index in [1.807, 2.05) is 13.0 Å². The molecule has 0 unspecified atom stereocenters. The molecule has 1 heterocycles. The fraction of sp³-hybridized carbons (Fsp3) is 0.733. The molecule has 1 aliphatic heterocycles. The van der Waals surface area contributed by atoms with Crippen LogP contribution in [0.1, 0.15) is 34.6 Å². The molecule has 0 fully saturated rings. The smallest absolute Gasteiger partial charge is 0.463 e. The molecule has 126 valence electrons. The maximum Gasteiger partial charge on any atom is 0.509 e. The largest absolute Gasteiger partial charge is 0.509 e. The number of thioether (sulfide) groups is 1. The summed E-state index contributed by atoms with van der Waals surface area (Å²) in [6, 6.07) is 0. The summed E-state index contributed by atoms with van der Waals surface area (Å²) < 4.78 is 21.2. The fourth-order valence-electron chi connectivity index (χ4n) is 1.71. The second-order valence-electron chi connectivity index (χ2n) is 5.73. The van der Waals surface area contributed by atoms with Gasteiger partial charge in [0, 0.05) is 6.92 Å². The van der Waals surface area contributed by atoms with E-state index in [0.717, 1.165) is 5.75 Å². The number of carbonyl (C=O) groups is 2. The molecule has 0 aromatic heterocycles. The van der Waals surface area contributed by atoms with Crippen LogP contribution < -0.4 is 0 Å². The average Bonchev–Trinajstić information content (AvgIpc) is 2.36. The van der Waals surface area contributed by atoms with E-state index in [2.05, 4.69) is 0 Å². The van der Waals surface area contributed by atoms with Crippen molar-refractivity contribution in [3.63, 3.8) is 0 Å². The SMILES string of the molecule is CCS[C@@H]1C=C[C@H](OC(=O)OC(C)(C)C)[C@@H](COC(C)=O)O1. The van der Waals surface area contributed by atoms with Crippen molar-refractivity contribution < 1.29 is 28.5 Å². The van der Waals surface area contributed by atoms with E-state index in [1.165, 1.54) is 6.92 Å². The molecule has 0 bridgehead atoms. The monoisotopic (exact) mass is 332 g/mol. The van der Waals surface area contributed by atoms with Crippen LogP contribution in [0.5, 0.6) is 0 Å². The molecule has 0 radical (unpaired) electrons. The molecule has 0 aliphatic carbocycles. The first-order valence-corrected chi connectivity index (χ1v) is 8.24. The van der Waals surface area contributed by atoms with Crippen molar-refractivity contribution in [2.45, 2.75) is 57.9 Å². The van der Waals surface area contributed by atoms with Gasteiger partial charge in [0.15, 0.2) is 6.10 Å². The van der Waals surface area contributed by atoms with Crippen molar-refractivity contribution in [3.05, 3.63) is 12.2 Å². The fourth-order valence-corrected chi connectivity index (χ4v) is 2.46. The van der Waals surface area contributed by atoms with Crippen LogP contribution in [0.25, 0.3) is 0 Å². The van der Waals surface area contributed by atoms with E-state index >= 15 is 0 Å². The second-order valence-corrected chi connectivity index (χ2v) is 7.11. The maximum atomic E-state index is 11.8. The van der Waals surface area contributed by atoms with Gasteiger partial charge in [0.05, 0.1) is 0 Å². The van der Waals surface area contributed by atoms with E-state index in [0.29, 0.717) is 0 Å². The standard InChI is InChI=1S/C15H24O6S/c1-6-22-13-8-7-11(12(19-13)9-18-10(2)16)20-14(17)21-15(3,4)5/h7-8,11-13H,6,9H2,1-5H3/t11-,12+,13+/m0/s1. The Balaban J connectivity index is 2.68. The number of rotatable bonds is 5. The highest BCUT2D eigenvalue weighted by Crippen LogP contribution is 2.24. The van der Waals surface area contributed by atoms with Crippen molar-refractivity contribution in [1.82, 2.24) is 0 Å². The third kappa shape index (κ3) is 7.17. The van der Waals surface area contributed by atoms with Crippen LogP contribution in [0.15, 0.2) is 12.2 Å². The molecule has 0 N–H and O–H groups in total. The molecule has 0 aromatic rings. The third-order valence-electron chi connectivity index (χ3n) is 2.54. The predicted molar refractivity (Wildman–Crippen MR) is 83.7 cm³/mol. The van der Waals surface area contributed by atoms with Gasteiger partial charge >= 0.3 is 12.1 Å². The lowest BCUT2D eigenvalue weighted by molar-refractivity contribution is -0.149. The van der Waals surface area contributed by atoms with Crippen molar-refractivity contribution >= 4 is 23.9 Å². The van der Waals surface area contributed by atoms with E-state index in [9.17, 15) is 9.59 Å². The normalized spacial score (nSPS) is 24.7. The molecule has 0 amide bonds. The lowest BCUT2D eigenvalue weighted by Gasteiger charge is -2.31. The highest BCUT2D eigenvalue weighted by atomic mass is 32.2. The zero-order chi connectivity index (χ0) is 16.8. The maximum absolute atomic E-state index is 11.8. The predicted octanol–water partition coefficient (Wildman–Crippen LogP) is 2.90. The van der Waals surface area contributed by atoms with Gasteiger partial charge in [-0.15, -0.1) is 11.8 Å². The minimum atomic E-state index is -0.778. The van der Waals surface area contributed by atoms with Crippen molar-refractivity contribution in [2.75, 3.05) is 12.4 Å². The zero-order valence-electron chi connectivity index (χ0n) is 13.7. The van der Waals surface area contributed by atoms with Crippen molar-refractivity contribution in [2.24, 2.45) is 0 Å². The Kier molecular flexibility index (Phi) is 7.22.